The minimum absolute atomic E-state index is 0.266. The number of anilines is 1. The summed E-state index contributed by atoms with van der Waals surface area (Å²) < 4.78 is 17.7. The van der Waals surface area contributed by atoms with Gasteiger partial charge in [0.25, 0.3) is 6.29 Å². The van der Waals surface area contributed by atoms with Crippen molar-refractivity contribution in [2.45, 2.75) is 45.0 Å². The summed E-state index contributed by atoms with van der Waals surface area (Å²) in [5.41, 5.74) is 2.94. The zero-order valence-electron chi connectivity index (χ0n) is 17.6. The summed E-state index contributed by atoms with van der Waals surface area (Å²) in [6.45, 7) is 1.63. The Morgan fingerprint density at radius 2 is 1.77 bits per heavy atom. The third kappa shape index (κ3) is 4.00. The Bertz CT molecular complexity index is 1100. The van der Waals surface area contributed by atoms with Crippen LogP contribution < -0.4 is 20.0 Å². The van der Waals surface area contributed by atoms with Crippen LogP contribution in [0.4, 0.5) is 5.69 Å². The average molecular weight is 409 g/mol. The van der Waals surface area contributed by atoms with Crippen LogP contribution in [0.2, 0.25) is 0 Å². The molecule has 0 amide bonds. The van der Waals surface area contributed by atoms with Gasteiger partial charge in [0.1, 0.15) is 23.2 Å². The van der Waals surface area contributed by atoms with E-state index in [1.54, 1.807) is 19.1 Å². The number of hydrogen-bond donors (Lipinski definition) is 1. The highest BCUT2D eigenvalue weighted by Crippen LogP contribution is 2.34. The lowest BCUT2D eigenvalue weighted by molar-refractivity contribution is -0.0770. The van der Waals surface area contributed by atoms with Gasteiger partial charge in [0.2, 0.25) is 0 Å². The van der Waals surface area contributed by atoms with E-state index in [9.17, 15) is 9.90 Å². The summed E-state index contributed by atoms with van der Waals surface area (Å²) in [5, 5.41) is 11.1. The van der Waals surface area contributed by atoms with Crippen molar-refractivity contribution in [1.82, 2.24) is 0 Å². The third-order valence-corrected chi connectivity index (χ3v) is 5.43. The first-order valence-electron chi connectivity index (χ1n) is 10.3. The molecule has 2 aromatic carbocycles. The molecule has 1 aliphatic carbocycles. The quantitative estimate of drug-likeness (QED) is 0.492. The van der Waals surface area contributed by atoms with Gasteiger partial charge in [-0.2, -0.15) is 0 Å². The molecule has 0 spiro atoms. The number of rotatable bonds is 6. The fraction of sp³-hybridized carbons (Fsp3) is 0.375. The van der Waals surface area contributed by atoms with Crippen molar-refractivity contribution in [2.24, 2.45) is 0 Å². The van der Waals surface area contributed by atoms with E-state index in [-0.39, 0.29) is 5.63 Å². The van der Waals surface area contributed by atoms with Gasteiger partial charge in [-0.25, -0.2) is 4.79 Å². The summed E-state index contributed by atoms with van der Waals surface area (Å²) in [6, 6.07) is 13.0. The first kappa shape index (κ1) is 20.3. The second-order valence-corrected chi connectivity index (χ2v) is 7.92. The van der Waals surface area contributed by atoms with Gasteiger partial charge in [0, 0.05) is 31.4 Å². The number of benzene rings is 2. The highest BCUT2D eigenvalue weighted by Gasteiger charge is 2.24. The van der Waals surface area contributed by atoms with Crippen LogP contribution in [0.1, 0.15) is 30.9 Å². The molecule has 158 valence electrons. The summed E-state index contributed by atoms with van der Waals surface area (Å²) >= 11 is 0. The molecule has 0 bridgehead atoms. The molecule has 2 atom stereocenters. The molecule has 1 aliphatic rings. The molecule has 0 saturated carbocycles. The number of aliphatic hydroxyl groups excluding tert-OH is 1. The van der Waals surface area contributed by atoms with Crippen molar-refractivity contribution in [2.75, 3.05) is 19.0 Å². The van der Waals surface area contributed by atoms with Crippen molar-refractivity contribution in [3.63, 3.8) is 0 Å². The van der Waals surface area contributed by atoms with E-state index in [2.05, 4.69) is 0 Å². The summed E-state index contributed by atoms with van der Waals surface area (Å²) in [6.07, 6.45) is 1.73. The number of hydrogen-bond acceptors (Lipinski definition) is 6. The molecule has 3 aromatic rings. The van der Waals surface area contributed by atoms with Gasteiger partial charge >= 0.3 is 5.63 Å². The van der Waals surface area contributed by atoms with Gasteiger partial charge in [-0.3, -0.25) is 0 Å². The van der Waals surface area contributed by atoms with E-state index in [1.807, 2.05) is 49.3 Å². The first-order valence-corrected chi connectivity index (χ1v) is 10.3. The molecule has 1 heterocycles. The Labute approximate surface area is 175 Å². The van der Waals surface area contributed by atoms with E-state index in [0.29, 0.717) is 17.1 Å². The third-order valence-electron chi connectivity index (χ3n) is 5.43. The van der Waals surface area contributed by atoms with E-state index in [0.717, 1.165) is 47.9 Å². The standard InChI is InChI=1S/C24H27NO5/c1-15(26)24(28-17-9-6-8-16(14-17)25(2)3)30-21-13-7-12-20-22(21)18-10-4-5-11-19(18)23(27)29-20/h6-9,12-15,24,26H,4-5,10-11H2,1-3H3. The van der Waals surface area contributed by atoms with Crippen LogP contribution in [-0.2, 0) is 12.8 Å². The molecule has 1 N–H and O–H groups in total. The maximum Gasteiger partial charge on any atom is 0.339 e. The van der Waals surface area contributed by atoms with Gasteiger partial charge in [-0.15, -0.1) is 0 Å². The van der Waals surface area contributed by atoms with E-state index in [4.69, 9.17) is 13.9 Å². The van der Waals surface area contributed by atoms with Crippen molar-refractivity contribution in [3.8, 4) is 11.5 Å². The molecule has 2 unspecified atom stereocenters. The van der Waals surface area contributed by atoms with Gasteiger partial charge < -0.3 is 23.9 Å². The van der Waals surface area contributed by atoms with Crippen molar-refractivity contribution in [3.05, 3.63) is 64.0 Å². The summed E-state index contributed by atoms with van der Waals surface area (Å²) in [5.74, 6) is 1.14. The Balaban J connectivity index is 1.71. The van der Waals surface area contributed by atoms with Crippen molar-refractivity contribution >= 4 is 16.7 Å². The Hall–Kier alpha value is -2.99. The molecule has 6 nitrogen and oxygen atoms in total. The molecular formula is C24H27NO5. The molecule has 0 aliphatic heterocycles. The van der Waals surface area contributed by atoms with Crippen LogP contribution in [0.25, 0.3) is 11.0 Å². The van der Waals surface area contributed by atoms with Gasteiger partial charge in [-0.05, 0) is 62.4 Å². The zero-order valence-corrected chi connectivity index (χ0v) is 17.6. The topological polar surface area (TPSA) is 72.1 Å². The second-order valence-electron chi connectivity index (χ2n) is 7.92. The normalized spacial score (nSPS) is 15.3. The predicted octanol–water partition coefficient (Wildman–Crippen LogP) is 3.90. The number of nitrogens with zero attached hydrogens (tertiary/aromatic N) is 1. The van der Waals surface area contributed by atoms with Crippen molar-refractivity contribution < 1.29 is 19.0 Å². The molecule has 0 radical (unpaired) electrons. The molecule has 0 fully saturated rings. The van der Waals surface area contributed by atoms with Gasteiger partial charge in [0.05, 0.1) is 5.39 Å². The van der Waals surface area contributed by atoms with E-state index < -0.39 is 12.4 Å². The van der Waals surface area contributed by atoms with Gasteiger partial charge in [0.15, 0.2) is 0 Å². The fourth-order valence-electron chi connectivity index (χ4n) is 3.87. The molecule has 0 saturated heterocycles. The lowest BCUT2D eigenvalue weighted by Gasteiger charge is -2.25. The lowest BCUT2D eigenvalue weighted by atomic mass is 9.90. The van der Waals surface area contributed by atoms with Crippen LogP contribution in [0, 0.1) is 0 Å². The van der Waals surface area contributed by atoms with Crippen LogP contribution in [0.5, 0.6) is 11.5 Å². The minimum atomic E-state index is -0.917. The summed E-state index contributed by atoms with van der Waals surface area (Å²) in [7, 11) is 3.91. The van der Waals surface area contributed by atoms with Crippen LogP contribution >= 0.6 is 0 Å². The van der Waals surface area contributed by atoms with E-state index >= 15 is 0 Å². The SMILES string of the molecule is CC(O)C(Oc1cccc(N(C)C)c1)Oc1cccc2oc(=O)c3c(c12)CCCC3. The number of fused-ring (bicyclic) bond motifs is 3. The second kappa shape index (κ2) is 8.40. The highest BCUT2D eigenvalue weighted by molar-refractivity contribution is 5.88. The average Bonchev–Trinajstić information content (AvgIpc) is 2.73. The number of aliphatic hydroxyl groups is 1. The maximum absolute atomic E-state index is 12.4. The monoisotopic (exact) mass is 409 g/mol. The molecule has 4 rings (SSSR count). The zero-order chi connectivity index (χ0) is 21.3. The predicted molar refractivity (Wildman–Crippen MR) is 117 cm³/mol. The Morgan fingerprint density at radius 1 is 1.03 bits per heavy atom. The maximum atomic E-state index is 12.4. The van der Waals surface area contributed by atoms with Crippen LogP contribution in [-0.4, -0.2) is 31.6 Å². The Kier molecular flexibility index (Phi) is 5.68. The molecular weight excluding hydrogens is 382 g/mol. The first-order chi connectivity index (χ1) is 14.4. The number of ether oxygens (including phenoxy) is 2. The van der Waals surface area contributed by atoms with Crippen LogP contribution in [0.15, 0.2) is 51.7 Å². The molecule has 1 aromatic heterocycles. The molecule has 30 heavy (non-hydrogen) atoms. The largest absolute Gasteiger partial charge is 0.452 e. The van der Waals surface area contributed by atoms with E-state index in [1.165, 1.54) is 0 Å². The minimum Gasteiger partial charge on any atom is -0.452 e. The highest BCUT2D eigenvalue weighted by atomic mass is 16.7. The molecule has 6 heteroatoms. The Morgan fingerprint density at radius 3 is 2.50 bits per heavy atom. The van der Waals surface area contributed by atoms with Crippen LogP contribution in [0.3, 0.4) is 0 Å². The van der Waals surface area contributed by atoms with Crippen molar-refractivity contribution in [1.29, 1.82) is 0 Å². The number of aryl methyl sites for hydroxylation is 1. The van der Waals surface area contributed by atoms with Gasteiger partial charge in [-0.1, -0.05) is 12.1 Å². The smallest absolute Gasteiger partial charge is 0.339 e. The lowest BCUT2D eigenvalue weighted by Crippen LogP contribution is -2.35. The summed E-state index contributed by atoms with van der Waals surface area (Å²) in [4.78, 5) is 14.3. The fourth-order valence-corrected chi connectivity index (χ4v) is 3.87.